The number of rotatable bonds is 6. The van der Waals surface area contributed by atoms with Crippen LogP contribution in [-0.4, -0.2) is 22.9 Å². The molecule has 8 heteroatoms. The number of hydrogen-bond donors (Lipinski definition) is 2. The van der Waals surface area contributed by atoms with Crippen LogP contribution in [0.1, 0.15) is 41.5 Å². The maximum absolute atomic E-state index is 11.2. The number of nitrogens with zero attached hydrogens (tertiary/aromatic N) is 2. The molecule has 1 rings (SSSR count). The molecule has 0 aliphatic carbocycles. The van der Waals surface area contributed by atoms with Gasteiger partial charge in [0.1, 0.15) is 0 Å². The maximum Gasteiger partial charge on any atom is 0.348 e. The zero-order valence-electron chi connectivity index (χ0n) is 15.1. The van der Waals surface area contributed by atoms with Crippen LogP contribution in [0, 0.1) is 31.1 Å². The molecule has 0 aliphatic heterocycles. The van der Waals surface area contributed by atoms with Crippen LogP contribution >= 0.6 is 0 Å². The van der Waals surface area contributed by atoms with Crippen LogP contribution < -0.4 is 10.6 Å². The van der Waals surface area contributed by atoms with Gasteiger partial charge >= 0.3 is 11.4 Å². The topological polar surface area (TPSA) is 110 Å². The summed E-state index contributed by atoms with van der Waals surface area (Å²) in [6.45, 7) is 13.3. The van der Waals surface area contributed by atoms with Crippen LogP contribution in [0.5, 0.6) is 0 Å². The first-order chi connectivity index (χ1) is 10.8. The second kappa shape index (κ2) is 7.02. The molecule has 0 unspecified atom stereocenters. The molecular weight excluding hydrogens is 312 g/mol. The summed E-state index contributed by atoms with van der Waals surface area (Å²) in [6, 6.07) is 2.46. The van der Waals surface area contributed by atoms with Gasteiger partial charge in [0, 0.05) is 25.2 Å². The minimum Gasteiger partial charge on any atom is -0.383 e. The summed E-state index contributed by atoms with van der Waals surface area (Å²) < 4.78 is 0. The highest BCUT2D eigenvalue weighted by Crippen LogP contribution is 2.37. The van der Waals surface area contributed by atoms with E-state index in [2.05, 4.69) is 10.6 Å². The predicted octanol–water partition coefficient (Wildman–Crippen LogP) is 4.42. The van der Waals surface area contributed by atoms with E-state index in [4.69, 9.17) is 0 Å². The molecule has 134 valence electrons. The predicted molar refractivity (Wildman–Crippen MR) is 95.6 cm³/mol. The lowest BCUT2D eigenvalue weighted by Crippen LogP contribution is -2.22. The molecule has 2 N–H and O–H groups in total. The smallest absolute Gasteiger partial charge is 0.348 e. The van der Waals surface area contributed by atoms with E-state index < -0.39 is 21.2 Å². The highest BCUT2D eigenvalue weighted by molar-refractivity contribution is 5.77. The summed E-state index contributed by atoms with van der Waals surface area (Å²) in [5.41, 5.74) is -0.135. The zero-order chi connectivity index (χ0) is 18.7. The molecule has 1 aromatic carbocycles. The first kappa shape index (κ1) is 19.7. The number of hydrogen-bond acceptors (Lipinski definition) is 6. The Balaban J connectivity index is 3.31. The summed E-state index contributed by atoms with van der Waals surface area (Å²) >= 11 is 0. The first-order valence-corrected chi connectivity index (χ1v) is 7.75. The van der Waals surface area contributed by atoms with Crippen LogP contribution in [0.4, 0.5) is 22.7 Å². The van der Waals surface area contributed by atoms with Crippen molar-refractivity contribution in [2.75, 3.05) is 23.7 Å². The molecule has 0 atom stereocenters. The van der Waals surface area contributed by atoms with Gasteiger partial charge in [-0.1, -0.05) is 41.5 Å². The van der Waals surface area contributed by atoms with Crippen molar-refractivity contribution in [1.29, 1.82) is 0 Å². The molecule has 0 spiro atoms. The third-order valence-corrected chi connectivity index (χ3v) is 3.13. The van der Waals surface area contributed by atoms with Gasteiger partial charge in [0.25, 0.3) is 0 Å². The van der Waals surface area contributed by atoms with E-state index in [1.165, 1.54) is 12.1 Å². The fourth-order valence-electron chi connectivity index (χ4n) is 1.88. The van der Waals surface area contributed by atoms with E-state index in [9.17, 15) is 20.2 Å². The van der Waals surface area contributed by atoms with Gasteiger partial charge in [0.15, 0.2) is 0 Å². The Bertz CT molecular complexity index is 575. The van der Waals surface area contributed by atoms with Crippen molar-refractivity contribution in [3.8, 4) is 0 Å². The Labute approximate surface area is 141 Å². The second-order valence-electron chi connectivity index (χ2n) is 8.23. The van der Waals surface area contributed by atoms with E-state index in [0.29, 0.717) is 24.5 Å². The van der Waals surface area contributed by atoms with Crippen LogP contribution in [0.2, 0.25) is 0 Å². The van der Waals surface area contributed by atoms with Crippen molar-refractivity contribution in [2.24, 2.45) is 10.8 Å². The quantitative estimate of drug-likeness (QED) is 0.587. The van der Waals surface area contributed by atoms with Crippen molar-refractivity contribution in [1.82, 2.24) is 0 Å². The van der Waals surface area contributed by atoms with E-state index >= 15 is 0 Å². The average Bonchev–Trinajstić information content (AvgIpc) is 2.40. The molecule has 0 amide bonds. The Kier molecular flexibility index (Phi) is 5.75. The van der Waals surface area contributed by atoms with Gasteiger partial charge in [0.05, 0.1) is 21.2 Å². The normalized spacial score (nSPS) is 11.9. The standard InChI is InChI=1S/C16H26N4O4/c1-15(2,3)9-17-11-7-13(19(21)22)14(20(23)24)8-12(11)18-10-16(4,5)6/h7-8,17-18H,9-10H2,1-6H3. The molecule has 0 saturated heterocycles. The van der Waals surface area contributed by atoms with Crippen LogP contribution in [0.3, 0.4) is 0 Å². The molecular formula is C16H26N4O4. The molecule has 0 bridgehead atoms. The third kappa shape index (κ3) is 6.02. The SMILES string of the molecule is CC(C)(C)CNc1cc([N+](=O)[O-])c([N+](=O)[O-])cc1NCC(C)(C)C. The number of nitro benzene ring substituents is 2. The van der Waals surface area contributed by atoms with E-state index in [-0.39, 0.29) is 10.8 Å². The lowest BCUT2D eigenvalue weighted by atomic mass is 9.96. The van der Waals surface area contributed by atoms with Crippen molar-refractivity contribution in [3.63, 3.8) is 0 Å². The number of nitrogens with one attached hydrogen (secondary N) is 2. The van der Waals surface area contributed by atoms with E-state index in [1.807, 2.05) is 41.5 Å². The summed E-state index contributed by atoms with van der Waals surface area (Å²) in [5, 5.41) is 28.6. The van der Waals surface area contributed by atoms with Crippen molar-refractivity contribution >= 4 is 22.7 Å². The highest BCUT2D eigenvalue weighted by atomic mass is 16.6. The maximum atomic E-state index is 11.2. The molecule has 24 heavy (non-hydrogen) atoms. The van der Waals surface area contributed by atoms with Crippen LogP contribution in [0.25, 0.3) is 0 Å². The molecule has 0 aliphatic rings. The Morgan fingerprint density at radius 3 is 1.29 bits per heavy atom. The minimum absolute atomic E-state index is 0.0438. The first-order valence-electron chi connectivity index (χ1n) is 7.75. The van der Waals surface area contributed by atoms with E-state index in [1.54, 1.807) is 0 Å². The average molecular weight is 338 g/mol. The summed E-state index contributed by atoms with van der Waals surface area (Å²) in [6.07, 6.45) is 0. The van der Waals surface area contributed by atoms with Gasteiger partial charge in [-0.15, -0.1) is 0 Å². The van der Waals surface area contributed by atoms with Crippen LogP contribution in [-0.2, 0) is 0 Å². The molecule has 0 fully saturated rings. The van der Waals surface area contributed by atoms with E-state index in [0.717, 1.165) is 0 Å². The molecule has 0 heterocycles. The Hall–Kier alpha value is -2.38. The summed E-state index contributed by atoms with van der Waals surface area (Å²) in [4.78, 5) is 20.9. The lowest BCUT2D eigenvalue weighted by Gasteiger charge is -2.24. The van der Waals surface area contributed by atoms with Gasteiger partial charge in [-0.2, -0.15) is 0 Å². The Morgan fingerprint density at radius 1 is 0.792 bits per heavy atom. The Morgan fingerprint density at radius 2 is 1.08 bits per heavy atom. The second-order valence-corrected chi connectivity index (χ2v) is 8.23. The van der Waals surface area contributed by atoms with Crippen molar-refractivity contribution < 1.29 is 9.85 Å². The summed E-state index contributed by atoms with van der Waals surface area (Å²) in [5.74, 6) is 0. The van der Waals surface area contributed by atoms with Gasteiger partial charge in [-0.3, -0.25) is 20.2 Å². The molecule has 8 nitrogen and oxygen atoms in total. The monoisotopic (exact) mass is 338 g/mol. The minimum atomic E-state index is -0.728. The fourth-order valence-corrected chi connectivity index (χ4v) is 1.88. The zero-order valence-corrected chi connectivity index (χ0v) is 15.1. The third-order valence-electron chi connectivity index (χ3n) is 3.13. The number of anilines is 2. The van der Waals surface area contributed by atoms with Gasteiger partial charge in [0.2, 0.25) is 0 Å². The van der Waals surface area contributed by atoms with Crippen molar-refractivity contribution in [2.45, 2.75) is 41.5 Å². The van der Waals surface area contributed by atoms with Gasteiger partial charge in [-0.25, -0.2) is 0 Å². The highest BCUT2D eigenvalue weighted by Gasteiger charge is 2.27. The largest absolute Gasteiger partial charge is 0.383 e. The molecule has 0 radical (unpaired) electrons. The van der Waals surface area contributed by atoms with Gasteiger partial charge < -0.3 is 10.6 Å². The number of nitro groups is 2. The van der Waals surface area contributed by atoms with Crippen molar-refractivity contribution in [3.05, 3.63) is 32.4 Å². The molecule has 0 saturated carbocycles. The molecule has 1 aromatic rings. The van der Waals surface area contributed by atoms with Crippen LogP contribution in [0.15, 0.2) is 12.1 Å². The summed E-state index contributed by atoms with van der Waals surface area (Å²) in [7, 11) is 0. The fraction of sp³-hybridized carbons (Fsp3) is 0.625. The lowest BCUT2D eigenvalue weighted by molar-refractivity contribution is -0.422. The molecule has 0 aromatic heterocycles. The van der Waals surface area contributed by atoms with Gasteiger partial charge in [-0.05, 0) is 10.8 Å². The number of benzene rings is 1.